The second-order valence-corrected chi connectivity index (χ2v) is 5.84. The minimum absolute atomic E-state index is 0.407. The normalized spacial score (nSPS) is 10.6. The molecule has 0 aliphatic heterocycles. The molecule has 0 fully saturated rings. The van der Waals surface area contributed by atoms with Gasteiger partial charge in [-0.2, -0.15) is 5.10 Å². The average Bonchev–Trinajstić information content (AvgIpc) is 3.00. The first-order valence-corrected chi connectivity index (χ1v) is 8.70. The van der Waals surface area contributed by atoms with Crippen molar-refractivity contribution in [2.75, 3.05) is 24.4 Å². The number of anilines is 2. The van der Waals surface area contributed by atoms with E-state index >= 15 is 0 Å². The summed E-state index contributed by atoms with van der Waals surface area (Å²) in [5.41, 5.74) is 10.3. The number of rotatable bonds is 10. The monoisotopic (exact) mass is 358 g/mol. The van der Waals surface area contributed by atoms with Gasteiger partial charge in [-0.05, 0) is 31.0 Å². The molecule has 0 atom stereocenters. The molecule has 1 aromatic heterocycles. The van der Waals surface area contributed by atoms with Crippen LogP contribution in [0.25, 0.3) is 0 Å². The van der Waals surface area contributed by atoms with Crippen LogP contribution >= 0.6 is 11.3 Å². The van der Waals surface area contributed by atoms with Crippen LogP contribution in [0.5, 0.6) is 11.5 Å². The van der Waals surface area contributed by atoms with Crippen molar-refractivity contribution in [2.24, 2.45) is 5.10 Å². The van der Waals surface area contributed by atoms with E-state index in [-0.39, 0.29) is 0 Å². The number of hydrogen-bond donors (Lipinski definition) is 2. The number of hydrazone groups is 1. The topological polar surface area (TPSA) is 81.8 Å². The second-order valence-electron chi connectivity index (χ2n) is 4.98. The maximum absolute atomic E-state index is 5.78. The number of allylic oxidation sites excluding steroid dienone is 1. The minimum Gasteiger partial charge on any atom is -0.490 e. The number of thiazole rings is 1. The lowest BCUT2D eigenvalue weighted by Crippen LogP contribution is -2.03. The Morgan fingerprint density at radius 3 is 2.80 bits per heavy atom. The molecule has 0 unspecified atom stereocenters. The quantitative estimate of drug-likeness (QED) is 0.383. The molecular weight excluding hydrogens is 336 g/mol. The summed E-state index contributed by atoms with van der Waals surface area (Å²) >= 11 is 1.39. The Labute approximate surface area is 151 Å². The van der Waals surface area contributed by atoms with Crippen LogP contribution in [0.2, 0.25) is 0 Å². The lowest BCUT2D eigenvalue weighted by atomic mass is 10.1. The van der Waals surface area contributed by atoms with Gasteiger partial charge in [-0.1, -0.05) is 18.7 Å². The first kappa shape index (κ1) is 18.5. The van der Waals surface area contributed by atoms with Gasteiger partial charge in [0.2, 0.25) is 5.13 Å². The molecule has 2 aromatic rings. The van der Waals surface area contributed by atoms with Gasteiger partial charge in [-0.25, -0.2) is 4.98 Å². The van der Waals surface area contributed by atoms with E-state index in [9.17, 15) is 0 Å². The maximum atomic E-state index is 5.78. The van der Waals surface area contributed by atoms with Crippen molar-refractivity contribution < 1.29 is 9.47 Å². The average molecular weight is 358 g/mol. The van der Waals surface area contributed by atoms with E-state index in [0.717, 1.165) is 11.1 Å². The Kier molecular flexibility index (Phi) is 7.03. The van der Waals surface area contributed by atoms with Crippen LogP contribution in [-0.4, -0.2) is 24.4 Å². The summed E-state index contributed by atoms with van der Waals surface area (Å²) in [6.07, 6.45) is 5.88. The lowest BCUT2D eigenvalue weighted by molar-refractivity contribution is 0.295. The molecule has 0 bridgehead atoms. The molecule has 0 amide bonds. The van der Waals surface area contributed by atoms with E-state index in [0.29, 0.717) is 42.1 Å². The van der Waals surface area contributed by atoms with Crippen molar-refractivity contribution in [3.8, 4) is 11.5 Å². The van der Waals surface area contributed by atoms with Crippen molar-refractivity contribution in [3.63, 3.8) is 0 Å². The highest BCUT2D eigenvalue weighted by molar-refractivity contribution is 7.14. The summed E-state index contributed by atoms with van der Waals surface area (Å²) in [7, 11) is 0. The summed E-state index contributed by atoms with van der Waals surface area (Å²) < 4.78 is 11.5. The van der Waals surface area contributed by atoms with Crippen molar-refractivity contribution >= 4 is 28.5 Å². The van der Waals surface area contributed by atoms with Gasteiger partial charge in [0, 0.05) is 10.9 Å². The van der Waals surface area contributed by atoms with Crippen LogP contribution in [0.1, 0.15) is 18.1 Å². The molecule has 1 aromatic carbocycles. The molecule has 7 heteroatoms. The number of nitrogens with zero attached hydrogens (tertiary/aromatic N) is 2. The van der Waals surface area contributed by atoms with E-state index in [1.807, 2.05) is 25.1 Å². The van der Waals surface area contributed by atoms with Gasteiger partial charge in [0.1, 0.15) is 12.4 Å². The van der Waals surface area contributed by atoms with Crippen LogP contribution in [0.15, 0.2) is 47.9 Å². The maximum Gasteiger partial charge on any atom is 0.205 e. The summed E-state index contributed by atoms with van der Waals surface area (Å²) in [5, 5.41) is 6.58. The summed E-state index contributed by atoms with van der Waals surface area (Å²) in [6.45, 7) is 10.4. The Bertz CT molecular complexity index is 756. The third-order valence-electron chi connectivity index (χ3n) is 3.06. The zero-order valence-corrected chi connectivity index (χ0v) is 15.0. The van der Waals surface area contributed by atoms with Gasteiger partial charge in [-0.3, -0.25) is 5.43 Å². The van der Waals surface area contributed by atoms with E-state index in [2.05, 4.69) is 28.7 Å². The molecule has 1 heterocycles. The molecule has 0 aliphatic carbocycles. The van der Waals surface area contributed by atoms with Gasteiger partial charge in [0.25, 0.3) is 0 Å². The van der Waals surface area contributed by atoms with E-state index in [1.54, 1.807) is 17.7 Å². The fourth-order valence-electron chi connectivity index (χ4n) is 2.13. The zero-order valence-electron chi connectivity index (χ0n) is 14.2. The molecule has 0 saturated carbocycles. The standard InChI is InChI=1S/C18H22N4O2S/c1-4-7-14-9-13(11-20-22-18-21-16(19)12-25-18)10-15(23-6-3)17(14)24-8-5-2/h4-5,9-12H,1-2,6-8,19H2,3H3,(H,21,22). The van der Waals surface area contributed by atoms with Gasteiger partial charge >= 0.3 is 0 Å². The Morgan fingerprint density at radius 1 is 1.32 bits per heavy atom. The number of nitrogens with two attached hydrogens (primary N) is 1. The molecule has 6 nitrogen and oxygen atoms in total. The molecule has 0 spiro atoms. The summed E-state index contributed by atoms with van der Waals surface area (Å²) in [4.78, 5) is 4.09. The van der Waals surface area contributed by atoms with Gasteiger partial charge in [-0.15, -0.1) is 17.9 Å². The smallest absolute Gasteiger partial charge is 0.205 e. The molecule has 25 heavy (non-hydrogen) atoms. The van der Waals surface area contributed by atoms with Crippen molar-refractivity contribution in [1.82, 2.24) is 4.98 Å². The summed E-state index contributed by atoms with van der Waals surface area (Å²) in [6, 6.07) is 3.87. The van der Waals surface area contributed by atoms with Gasteiger partial charge in [0.15, 0.2) is 11.5 Å². The van der Waals surface area contributed by atoms with Gasteiger partial charge < -0.3 is 15.2 Å². The second kappa shape index (κ2) is 9.48. The predicted octanol–water partition coefficient (Wildman–Crippen LogP) is 3.86. The minimum atomic E-state index is 0.407. The fourth-order valence-corrected chi connectivity index (χ4v) is 2.68. The van der Waals surface area contributed by atoms with Crippen molar-refractivity contribution in [3.05, 3.63) is 53.9 Å². The third kappa shape index (κ3) is 5.36. The molecule has 0 aliphatic rings. The molecular formula is C18H22N4O2S. The van der Waals surface area contributed by atoms with Crippen LogP contribution in [0.3, 0.4) is 0 Å². The highest BCUT2D eigenvalue weighted by Crippen LogP contribution is 2.33. The lowest BCUT2D eigenvalue weighted by Gasteiger charge is -2.15. The Morgan fingerprint density at radius 2 is 2.16 bits per heavy atom. The van der Waals surface area contributed by atoms with Crippen molar-refractivity contribution in [2.45, 2.75) is 13.3 Å². The first-order valence-electron chi connectivity index (χ1n) is 7.82. The number of aromatic nitrogens is 1. The Hall–Kier alpha value is -2.80. The van der Waals surface area contributed by atoms with Crippen LogP contribution in [0, 0.1) is 0 Å². The fraction of sp³-hybridized carbons (Fsp3) is 0.222. The molecule has 132 valence electrons. The predicted molar refractivity (Wildman–Crippen MR) is 105 cm³/mol. The third-order valence-corrected chi connectivity index (χ3v) is 3.82. The molecule has 0 saturated heterocycles. The molecule has 0 radical (unpaired) electrons. The molecule has 3 N–H and O–H groups in total. The number of nitrogens with one attached hydrogen (secondary N) is 1. The van der Waals surface area contributed by atoms with Crippen molar-refractivity contribution in [1.29, 1.82) is 0 Å². The SMILES string of the molecule is C=CCOc1c(CC=C)cc(C=NNc2nc(N)cs2)cc1OCC. The molecule has 2 rings (SSSR count). The van der Waals surface area contributed by atoms with Crippen LogP contribution in [-0.2, 0) is 6.42 Å². The highest BCUT2D eigenvalue weighted by Gasteiger charge is 2.12. The summed E-state index contributed by atoms with van der Waals surface area (Å²) in [5.74, 6) is 1.85. The van der Waals surface area contributed by atoms with E-state index in [1.165, 1.54) is 11.3 Å². The van der Waals surface area contributed by atoms with E-state index < -0.39 is 0 Å². The first-order chi connectivity index (χ1) is 12.2. The number of benzene rings is 1. The number of nitrogen functional groups attached to an aromatic ring is 1. The number of ether oxygens (including phenoxy) is 2. The van der Waals surface area contributed by atoms with Gasteiger partial charge in [0.05, 0.1) is 12.8 Å². The highest BCUT2D eigenvalue weighted by atomic mass is 32.1. The van der Waals surface area contributed by atoms with Crippen LogP contribution in [0.4, 0.5) is 10.9 Å². The van der Waals surface area contributed by atoms with Crippen LogP contribution < -0.4 is 20.6 Å². The number of hydrogen-bond acceptors (Lipinski definition) is 7. The van der Waals surface area contributed by atoms with E-state index in [4.69, 9.17) is 15.2 Å². The largest absolute Gasteiger partial charge is 0.490 e. The Balaban J connectivity index is 2.26. The zero-order chi connectivity index (χ0) is 18.1.